The van der Waals surface area contributed by atoms with E-state index in [1.54, 1.807) is 0 Å². The van der Waals surface area contributed by atoms with Gasteiger partial charge in [-0.2, -0.15) is 4.98 Å². The highest BCUT2D eigenvalue weighted by Gasteiger charge is 2.38. The number of fused-ring (bicyclic) bond motifs is 1. The van der Waals surface area contributed by atoms with E-state index in [2.05, 4.69) is 4.98 Å². The molecule has 7 nitrogen and oxygen atoms in total. The van der Waals surface area contributed by atoms with Crippen LogP contribution in [0.15, 0.2) is 17.1 Å². The Labute approximate surface area is 105 Å². The summed E-state index contributed by atoms with van der Waals surface area (Å²) in [6.07, 6.45) is -0.962. The maximum absolute atomic E-state index is 10.9. The van der Waals surface area contributed by atoms with Gasteiger partial charge in [0, 0.05) is 19.4 Å². The van der Waals surface area contributed by atoms with E-state index in [0.717, 1.165) is 0 Å². The maximum atomic E-state index is 10.9. The summed E-state index contributed by atoms with van der Waals surface area (Å²) in [7, 11) is 1.38. The Kier molecular flexibility index (Phi) is 5.26. The van der Waals surface area contributed by atoms with Crippen LogP contribution in [0.5, 0.6) is 6.01 Å². The molecule has 0 spiro atoms. The molecule has 3 unspecified atom stereocenters. The number of aromatic nitrogens is 2. The number of ether oxygens (including phenoxy) is 2. The fourth-order valence-electron chi connectivity index (χ4n) is 1.53. The van der Waals surface area contributed by atoms with Crippen molar-refractivity contribution in [2.75, 3.05) is 13.7 Å². The van der Waals surface area contributed by atoms with E-state index in [0.29, 0.717) is 0 Å². The highest BCUT2D eigenvalue weighted by molar-refractivity contribution is 5.09. The zero-order valence-electron chi connectivity index (χ0n) is 10.6. The van der Waals surface area contributed by atoms with E-state index in [1.165, 1.54) is 23.9 Å². The fraction of sp³-hybridized carbons (Fsp3) is 0.636. The highest BCUT2D eigenvalue weighted by atomic mass is 16.6. The van der Waals surface area contributed by atoms with Crippen molar-refractivity contribution in [2.45, 2.75) is 32.3 Å². The predicted octanol–water partition coefficient (Wildman–Crippen LogP) is -0.471. The molecule has 2 heterocycles. The number of nitrogens with zero attached hydrogens (tertiary/aromatic N) is 2. The third-order valence-corrected chi connectivity index (χ3v) is 2.46. The van der Waals surface area contributed by atoms with Crippen molar-refractivity contribution in [3.8, 4) is 6.01 Å². The highest BCUT2D eigenvalue weighted by Crippen LogP contribution is 2.31. The molecule has 0 amide bonds. The van der Waals surface area contributed by atoms with Crippen LogP contribution in [0.4, 0.5) is 0 Å². The predicted molar refractivity (Wildman–Crippen MR) is 63.4 cm³/mol. The number of rotatable bonds is 4. The van der Waals surface area contributed by atoms with Crippen LogP contribution in [0.1, 0.15) is 20.1 Å². The normalized spacial score (nSPS) is 19.5. The van der Waals surface area contributed by atoms with E-state index < -0.39 is 24.0 Å². The number of methoxy groups -OCH3 is 1. The number of hydrogen-bond donors (Lipinski definition) is 2. The average molecular weight is 258 g/mol. The quantitative estimate of drug-likeness (QED) is 0.758. The molecule has 102 valence electrons. The second-order valence-electron chi connectivity index (χ2n) is 3.41. The standard InChI is InChI=1S/C9H12N2O5.C2H6/c1-15-5(4-12)7(14)8-11-3-2-6(13)10-9(11)16-8;1-2/h2-3,5,7-8,12,14H,4H2,1H3;1-2H3. The molecule has 18 heavy (non-hydrogen) atoms. The lowest BCUT2D eigenvalue weighted by atomic mass is 10.1. The average Bonchev–Trinajstić information content (AvgIpc) is 2.36. The van der Waals surface area contributed by atoms with Gasteiger partial charge in [-0.15, -0.1) is 0 Å². The summed E-state index contributed by atoms with van der Waals surface area (Å²) in [6.45, 7) is 3.68. The van der Waals surface area contributed by atoms with Gasteiger partial charge < -0.3 is 19.7 Å². The van der Waals surface area contributed by atoms with E-state index in [-0.39, 0.29) is 12.6 Å². The van der Waals surface area contributed by atoms with E-state index >= 15 is 0 Å². The summed E-state index contributed by atoms with van der Waals surface area (Å²) < 4.78 is 11.5. The minimum Gasteiger partial charge on any atom is -0.437 e. The molecule has 1 aromatic heterocycles. The summed E-state index contributed by atoms with van der Waals surface area (Å²) in [4.78, 5) is 14.4. The Balaban J connectivity index is 0.000000771. The minimum atomic E-state index is -1.02. The number of hydrogen-bond acceptors (Lipinski definition) is 6. The Morgan fingerprint density at radius 3 is 2.78 bits per heavy atom. The number of aliphatic hydroxyl groups is 2. The first-order valence-electron chi connectivity index (χ1n) is 5.75. The maximum Gasteiger partial charge on any atom is 0.304 e. The van der Waals surface area contributed by atoms with Crippen molar-refractivity contribution in [1.82, 2.24) is 9.55 Å². The molecule has 1 aliphatic rings. The van der Waals surface area contributed by atoms with E-state index in [9.17, 15) is 9.90 Å². The van der Waals surface area contributed by atoms with Crippen LogP contribution in [0.3, 0.4) is 0 Å². The molecule has 0 bridgehead atoms. The molecule has 0 aliphatic carbocycles. The molecule has 1 aliphatic heterocycles. The van der Waals surface area contributed by atoms with Gasteiger partial charge in [0.2, 0.25) is 6.23 Å². The molecule has 0 saturated carbocycles. The van der Waals surface area contributed by atoms with Gasteiger partial charge in [-0.3, -0.25) is 9.36 Å². The molecular weight excluding hydrogens is 240 g/mol. The third-order valence-electron chi connectivity index (χ3n) is 2.46. The molecule has 0 fully saturated rings. The van der Waals surface area contributed by atoms with Crippen molar-refractivity contribution < 1.29 is 19.7 Å². The van der Waals surface area contributed by atoms with Gasteiger partial charge >= 0.3 is 6.01 Å². The molecule has 7 heteroatoms. The van der Waals surface area contributed by atoms with Crippen molar-refractivity contribution in [3.05, 3.63) is 22.6 Å². The first-order valence-corrected chi connectivity index (χ1v) is 5.75. The Bertz CT molecular complexity index is 430. The van der Waals surface area contributed by atoms with Crippen LogP contribution >= 0.6 is 0 Å². The van der Waals surface area contributed by atoms with E-state index in [1.807, 2.05) is 13.8 Å². The van der Waals surface area contributed by atoms with Crippen LogP contribution in [0, 0.1) is 0 Å². The van der Waals surface area contributed by atoms with Crippen LogP contribution in [0.2, 0.25) is 0 Å². The molecular formula is C11H18N2O5. The van der Waals surface area contributed by atoms with Gasteiger partial charge in [-0.25, -0.2) is 0 Å². The van der Waals surface area contributed by atoms with Crippen molar-refractivity contribution in [3.63, 3.8) is 0 Å². The lowest BCUT2D eigenvalue weighted by Gasteiger charge is -2.36. The monoisotopic (exact) mass is 258 g/mol. The Hall–Kier alpha value is -1.44. The third kappa shape index (κ3) is 2.69. The molecule has 3 atom stereocenters. The summed E-state index contributed by atoms with van der Waals surface area (Å²) in [5.74, 6) is 0. The fourth-order valence-corrected chi connectivity index (χ4v) is 1.53. The molecule has 0 radical (unpaired) electrons. The Morgan fingerprint density at radius 1 is 1.61 bits per heavy atom. The van der Waals surface area contributed by atoms with Gasteiger partial charge in [0.15, 0.2) is 0 Å². The van der Waals surface area contributed by atoms with Gasteiger partial charge in [0.05, 0.1) is 6.61 Å². The Morgan fingerprint density at radius 2 is 2.28 bits per heavy atom. The topological polar surface area (TPSA) is 93.8 Å². The molecule has 1 aromatic rings. The van der Waals surface area contributed by atoms with Gasteiger partial charge in [0.1, 0.15) is 12.2 Å². The minimum absolute atomic E-state index is 0.157. The zero-order valence-corrected chi connectivity index (χ0v) is 10.6. The SMILES string of the molecule is CC.COC(CO)C(O)C1Oc2nc(=O)ccn21. The van der Waals surface area contributed by atoms with E-state index in [4.69, 9.17) is 14.6 Å². The first kappa shape index (κ1) is 14.6. The summed E-state index contributed by atoms with van der Waals surface area (Å²) in [5.41, 5.74) is -0.398. The molecule has 0 aromatic carbocycles. The summed E-state index contributed by atoms with van der Waals surface area (Å²) in [6, 6.07) is 1.43. The van der Waals surface area contributed by atoms with Crippen molar-refractivity contribution in [1.29, 1.82) is 0 Å². The van der Waals surface area contributed by atoms with Crippen LogP contribution in [0.25, 0.3) is 0 Å². The summed E-state index contributed by atoms with van der Waals surface area (Å²) in [5, 5.41) is 18.7. The molecule has 2 N–H and O–H groups in total. The second kappa shape index (κ2) is 6.48. The van der Waals surface area contributed by atoms with Crippen LogP contribution in [-0.4, -0.2) is 45.7 Å². The molecule has 0 saturated heterocycles. The van der Waals surface area contributed by atoms with Gasteiger partial charge in [-0.05, 0) is 0 Å². The second-order valence-corrected chi connectivity index (χ2v) is 3.41. The first-order chi connectivity index (χ1) is 8.67. The van der Waals surface area contributed by atoms with Crippen molar-refractivity contribution >= 4 is 0 Å². The largest absolute Gasteiger partial charge is 0.437 e. The number of aliphatic hydroxyl groups excluding tert-OH is 2. The zero-order chi connectivity index (χ0) is 13.7. The van der Waals surface area contributed by atoms with Gasteiger partial charge in [0.25, 0.3) is 5.56 Å². The smallest absolute Gasteiger partial charge is 0.304 e. The van der Waals surface area contributed by atoms with Crippen LogP contribution < -0.4 is 10.3 Å². The summed E-state index contributed by atoms with van der Waals surface area (Å²) >= 11 is 0. The van der Waals surface area contributed by atoms with Gasteiger partial charge in [-0.1, -0.05) is 13.8 Å². The van der Waals surface area contributed by atoms with Crippen molar-refractivity contribution in [2.24, 2.45) is 0 Å². The van der Waals surface area contributed by atoms with Crippen LogP contribution in [-0.2, 0) is 4.74 Å². The molecule has 2 rings (SSSR count). The lowest BCUT2D eigenvalue weighted by Crippen LogP contribution is -2.47. The lowest BCUT2D eigenvalue weighted by molar-refractivity contribution is -0.140.